The summed E-state index contributed by atoms with van der Waals surface area (Å²) in [7, 11) is 1.71. The Labute approximate surface area is 84.6 Å². The van der Waals surface area contributed by atoms with Crippen LogP contribution in [0.5, 0.6) is 0 Å². The zero-order valence-corrected chi connectivity index (χ0v) is 7.98. The molecule has 5 nitrogen and oxygen atoms in total. The smallest absolute Gasteiger partial charge is 0.173 e. The first-order valence-corrected chi connectivity index (χ1v) is 4.22. The van der Waals surface area contributed by atoms with Crippen molar-refractivity contribution in [1.82, 2.24) is 9.78 Å². The van der Waals surface area contributed by atoms with Crippen LogP contribution in [0.3, 0.4) is 0 Å². The van der Waals surface area contributed by atoms with Crippen molar-refractivity contribution in [2.75, 3.05) is 0 Å². The number of aryl methyl sites for hydroxylation is 1. The summed E-state index contributed by atoms with van der Waals surface area (Å²) in [4.78, 5) is 0. The molecule has 1 heterocycles. The van der Waals surface area contributed by atoms with Gasteiger partial charge in [-0.15, -0.1) is 0 Å². The minimum absolute atomic E-state index is 0.0676. The van der Waals surface area contributed by atoms with E-state index in [-0.39, 0.29) is 11.4 Å². The highest BCUT2D eigenvalue weighted by atomic mass is 19.1. The highest BCUT2D eigenvalue weighted by molar-refractivity contribution is 6.00. The number of nitrogens with zero attached hydrogens (tertiary/aromatic N) is 3. The van der Waals surface area contributed by atoms with Crippen molar-refractivity contribution in [1.29, 1.82) is 0 Å². The Morgan fingerprint density at radius 1 is 1.60 bits per heavy atom. The first-order valence-electron chi connectivity index (χ1n) is 4.22. The first-order chi connectivity index (χ1) is 7.13. The maximum atomic E-state index is 13.5. The zero-order valence-electron chi connectivity index (χ0n) is 7.98. The number of nitrogens with two attached hydrogens (primary N) is 1. The summed E-state index contributed by atoms with van der Waals surface area (Å²) in [6.45, 7) is 0. The lowest BCUT2D eigenvalue weighted by Gasteiger charge is -2.01. The topological polar surface area (TPSA) is 76.4 Å². The lowest BCUT2D eigenvalue weighted by Crippen LogP contribution is -2.15. The van der Waals surface area contributed by atoms with E-state index in [0.29, 0.717) is 5.52 Å². The maximum absolute atomic E-state index is 13.5. The molecule has 2 rings (SSSR count). The second-order valence-electron chi connectivity index (χ2n) is 3.14. The number of amidine groups is 1. The molecule has 3 N–H and O–H groups in total. The van der Waals surface area contributed by atoms with E-state index < -0.39 is 5.82 Å². The summed E-state index contributed by atoms with van der Waals surface area (Å²) in [5, 5.41) is 15.9. The number of rotatable bonds is 1. The predicted octanol–water partition coefficient (Wildman–Crippen LogP) is 0.807. The van der Waals surface area contributed by atoms with Gasteiger partial charge in [0.05, 0.1) is 17.3 Å². The maximum Gasteiger partial charge on any atom is 0.173 e. The van der Waals surface area contributed by atoms with Gasteiger partial charge in [-0.3, -0.25) is 4.68 Å². The summed E-state index contributed by atoms with van der Waals surface area (Å²) in [5.41, 5.74) is 6.05. The SMILES string of the molecule is Cn1ncc2cc(/C(N)=N\O)c(F)cc21. The third kappa shape index (κ3) is 1.39. The Balaban J connectivity index is 2.73. The molecule has 0 radical (unpaired) electrons. The second kappa shape index (κ2) is 3.23. The van der Waals surface area contributed by atoms with Crippen molar-refractivity contribution >= 4 is 16.7 Å². The largest absolute Gasteiger partial charge is 0.409 e. The van der Waals surface area contributed by atoms with E-state index in [2.05, 4.69) is 10.3 Å². The van der Waals surface area contributed by atoms with Crippen LogP contribution in [0.4, 0.5) is 4.39 Å². The number of hydrogen-bond donors (Lipinski definition) is 2. The summed E-state index contributed by atoms with van der Waals surface area (Å²) in [5.74, 6) is -0.792. The minimum Gasteiger partial charge on any atom is -0.409 e. The van der Waals surface area contributed by atoms with Crippen molar-refractivity contribution in [2.24, 2.45) is 17.9 Å². The van der Waals surface area contributed by atoms with Crippen LogP contribution in [0, 0.1) is 5.82 Å². The van der Waals surface area contributed by atoms with Crippen LogP contribution < -0.4 is 5.73 Å². The van der Waals surface area contributed by atoms with Gasteiger partial charge in [-0.25, -0.2) is 4.39 Å². The van der Waals surface area contributed by atoms with Gasteiger partial charge in [0.2, 0.25) is 0 Å². The summed E-state index contributed by atoms with van der Waals surface area (Å²) in [6, 6.07) is 2.79. The molecule has 0 saturated heterocycles. The fraction of sp³-hybridized carbons (Fsp3) is 0.111. The third-order valence-electron chi connectivity index (χ3n) is 2.22. The molecular weight excluding hydrogens is 199 g/mol. The van der Waals surface area contributed by atoms with Crippen LogP contribution in [0.25, 0.3) is 10.9 Å². The van der Waals surface area contributed by atoms with Gasteiger partial charge in [0, 0.05) is 18.5 Å². The van der Waals surface area contributed by atoms with Crippen LogP contribution in [0.1, 0.15) is 5.56 Å². The average Bonchev–Trinajstić information content (AvgIpc) is 2.58. The van der Waals surface area contributed by atoms with Gasteiger partial charge >= 0.3 is 0 Å². The van der Waals surface area contributed by atoms with Gasteiger partial charge in [-0.05, 0) is 6.07 Å². The van der Waals surface area contributed by atoms with Gasteiger partial charge in [0.1, 0.15) is 5.82 Å². The number of halogens is 1. The summed E-state index contributed by atoms with van der Waals surface area (Å²) in [6.07, 6.45) is 1.59. The van der Waals surface area contributed by atoms with E-state index in [1.165, 1.54) is 12.1 Å². The quantitative estimate of drug-likeness (QED) is 0.315. The van der Waals surface area contributed by atoms with E-state index in [4.69, 9.17) is 10.9 Å². The zero-order chi connectivity index (χ0) is 11.0. The Kier molecular flexibility index (Phi) is 2.03. The van der Waals surface area contributed by atoms with Crippen molar-refractivity contribution < 1.29 is 9.60 Å². The average molecular weight is 208 g/mol. The molecule has 0 aliphatic heterocycles. The number of benzene rings is 1. The number of aromatic nitrogens is 2. The lowest BCUT2D eigenvalue weighted by molar-refractivity contribution is 0.318. The Bertz CT molecular complexity index is 546. The standard InChI is InChI=1S/C9H9FN4O/c1-14-8-3-7(10)6(9(11)13-15)2-5(8)4-12-14/h2-4,15H,1H3,(H2,11,13). The van der Waals surface area contributed by atoms with E-state index >= 15 is 0 Å². The highest BCUT2D eigenvalue weighted by Gasteiger charge is 2.10. The molecule has 0 saturated carbocycles. The van der Waals surface area contributed by atoms with Crippen LogP contribution in [-0.2, 0) is 7.05 Å². The fourth-order valence-corrected chi connectivity index (χ4v) is 1.42. The molecule has 0 spiro atoms. The molecular formula is C9H9FN4O. The molecule has 0 aliphatic carbocycles. The second-order valence-corrected chi connectivity index (χ2v) is 3.14. The number of hydrogen-bond acceptors (Lipinski definition) is 3. The van der Waals surface area contributed by atoms with E-state index in [1.807, 2.05) is 0 Å². The fourth-order valence-electron chi connectivity index (χ4n) is 1.42. The van der Waals surface area contributed by atoms with Crippen molar-refractivity contribution in [3.63, 3.8) is 0 Å². The van der Waals surface area contributed by atoms with Gasteiger partial charge < -0.3 is 10.9 Å². The third-order valence-corrected chi connectivity index (χ3v) is 2.22. The van der Waals surface area contributed by atoms with Crippen LogP contribution >= 0.6 is 0 Å². The Morgan fingerprint density at radius 3 is 3.00 bits per heavy atom. The molecule has 0 bridgehead atoms. The Morgan fingerprint density at radius 2 is 2.33 bits per heavy atom. The van der Waals surface area contributed by atoms with Crippen molar-refractivity contribution in [2.45, 2.75) is 0 Å². The van der Waals surface area contributed by atoms with Crippen molar-refractivity contribution in [3.8, 4) is 0 Å². The van der Waals surface area contributed by atoms with Gasteiger partial charge in [0.15, 0.2) is 5.84 Å². The summed E-state index contributed by atoms with van der Waals surface area (Å²) >= 11 is 0. The van der Waals surface area contributed by atoms with Gasteiger partial charge in [-0.2, -0.15) is 5.10 Å². The molecule has 0 atom stereocenters. The predicted molar refractivity (Wildman–Crippen MR) is 53.2 cm³/mol. The van der Waals surface area contributed by atoms with Crippen LogP contribution in [0.2, 0.25) is 0 Å². The number of fused-ring (bicyclic) bond motifs is 1. The molecule has 2 aromatic rings. The molecule has 1 aromatic carbocycles. The number of oxime groups is 1. The molecule has 0 aliphatic rings. The molecule has 0 unspecified atom stereocenters. The molecule has 6 heteroatoms. The molecule has 0 fully saturated rings. The van der Waals surface area contributed by atoms with Crippen LogP contribution in [0.15, 0.2) is 23.5 Å². The first kappa shape index (κ1) is 9.45. The van der Waals surface area contributed by atoms with Gasteiger partial charge in [0.25, 0.3) is 0 Å². The molecule has 0 amide bonds. The van der Waals surface area contributed by atoms with Gasteiger partial charge in [-0.1, -0.05) is 5.16 Å². The summed E-state index contributed by atoms with van der Waals surface area (Å²) < 4.78 is 15.1. The lowest BCUT2D eigenvalue weighted by atomic mass is 10.1. The monoisotopic (exact) mass is 208 g/mol. The van der Waals surface area contributed by atoms with E-state index in [0.717, 1.165) is 5.39 Å². The minimum atomic E-state index is -0.540. The van der Waals surface area contributed by atoms with E-state index in [9.17, 15) is 4.39 Å². The molecule has 78 valence electrons. The molecule has 1 aromatic heterocycles. The van der Waals surface area contributed by atoms with Crippen LogP contribution in [-0.4, -0.2) is 20.8 Å². The van der Waals surface area contributed by atoms with Crippen molar-refractivity contribution in [3.05, 3.63) is 29.7 Å². The Hall–Kier alpha value is -2.11. The van der Waals surface area contributed by atoms with E-state index in [1.54, 1.807) is 17.9 Å². The normalized spacial score (nSPS) is 12.3. The molecule has 15 heavy (non-hydrogen) atoms. The highest BCUT2D eigenvalue weighted by Crippen LogP contribution is 2.18.